The summed E-state index contributed by atoms with van der Waals surface area (Å²) in [5.74, 6) is 0.683. The number of oxazole rings is 1. The first-order chi connectivity index (χ1) is 12.7. The van der Waals surface area contributed by atoms with Gasteiger partial charge in [0, 0.05) is 23.5 Å². The number of hydrogen-bond donors (Lipinski definition) is 1. The van der Waals surface area contributed by atoms with Crippen LogP contribution in [0.5, 0.6) is 0 Å². The number of rotatable bonds is 5. The topological polar surface area (TPSA) is 63.8 Å². The number of hydrogen-bond acceptors (Lipinski definition) is 5. The fraction of sp³-hybridized carbons (Fsp3) is 0.190. The predicted octanol–water partition coefficient (Wildman–Crippen LogP) is 4.44. The molecule has 0 bridgehead atoms. The SMILES string of the molecule is Cc1cccc(CNc2ccc(Cc3nc4nc(C)ccc4o3)cc2)n1. The predicted molar refractivity (Wildman–Crippen MR) is 102 cm³/mol. The molecule has 130 valence electrons. The maximum atomic E-state index is 5.78. The van der Waals surface area contributed by atoms with Crippen molar-refractivity contribution < 1.29 is 4.42 Å². The maximum absolute atomic E-state index is 5.78. The molecule has 1 aromatic carbocycles. The minimum absolute atomic E-state index is 0.648. The highest BCUT2D eigenvalue weighted by Gasteiger charge is 2.08. The quantitative estimate of drug-likeness (QED) is 0.580. The fourth-order valence-electron chi connectivity index (χ4n) is 2.84. The molecule has 1 N–H and O–H groups in total. The Morgan fingerprint density at radius 1 is 0.846 bits per heavy atom. The zero-order chi connectivity index (χ0) is 17.9. The standard InChI is InChI=1S/C21H20N4O/c1-14-4-3-5-18(23-14)13-22-17-9-7-16(8-10-17)12-20-25-21-19(26-20)11-6-15(2)24-21/h3-11,22H,12-13H2,1-2H3. The van der Waals surface area contributed by atoms with Crippen molar-refractivity contribution in [3.8, 4) is 0 Å². The number of pyridine rings is 2. The van der Waals surface area contributed by atoms with E-state index < -0.39 is 0 Å². The van der Waals surface area contributed by atoms with E-state index in [0.717, 1.165) is 33.9 Å². The lowest BCUT2D eigenvalue weighted by atomic mass is 10.1. The van der Waals surface area contributed by atoms with Crippen LogP contribution >= 0.6 is 0 Å². The molecule has 5 heteroatoms. The van der Waals surface area contributed by atoms with Crippen LogP contribution in [0.2, 0.25) is 0 Å². The Morgan fingerprint density at radius 2 is 1.65 bits per heavy atom. The summed E-state index contributed by atoms with van der Waals surface area (Å²) >= 11 is 0. The third-order valence-corrected chi connectivity index (χ3v) is 4.17. The number of anilines is 1. The number of aromatic nitrogens is 3. The number of fused-ring (bicyclic) bond motifs is 1. The minimum Gasteiger partial charge on any atom is -0.439 e. The van der Waals surface area contributed by atoms with Gasteiger partial charge in [0.15, 0.2) is 11.2 Å². The fourth-order valence-corrected chi connectivity index (χ4v) is 2.84. The maximum Gasteiger partial charge on any atom is 0.201 e. The Bertz CT molecular complexity index is 1040. The summed E-state index contributed by atoms with van der Waals surface area (Å²) in [6.07, 6.45) is 0.648. The first kappa shape index (κ1) is 16.3. The number of nitrogens with one attached hydrogen (secondary N) is 1. The van der Waals surface area contributed by atoms with Crippen LogP contribution in [0.1, 0.15) is 28.5 Å². The lowest BCUT2D eigenvalue weighted by molar-refractivity contribution is 0.544. The van der Waals surface area contributed by atoms with Crippen molar-refractivity contribution in [3.05, 3.63) is 83.1 Å². The summed E-state index contributed by atoms with van der Waals surface area (Å²) in [5.41, 5.74) is 6.61. The molecule has 4 rings (SSSR count). The molecule has 0 saturated heterocycles. The summed E-state index contributed by atoms with van der Waals surface area (Å²) in [4.78, 5) is 13.4. The van der Waals surface area contributed by atoms with Crippen LogP contribution in [0.25, 0.3) is 11.2 Å². The van der Waals surface area contributed by atoms with E-state index in [1.807, 2.05) is 44.2 Å². The summed E-state index contributed by atoms with van der Waals surface area (Å²) in [7, 11) is 0. The van der Waals surface area contributed by atoms with E-state index in [0.29, 0.717) is 24.5 Å². The van der Waals surface area contributed by atoms with E-state index in [2.05, 4.69) is 44.5 Å². The first-order valence-corrected chi connectivity index (χ1v) is 8.64. The lowest BCUT2D eigenvalue weighted by Crippen LogP contribution is -2.02. The van der Waals surface area contributed by atoms with Crippen LogP contribution < -0.4 is 5.32 Å². The van der Waals surface area contributed by atoms with Crippen LogP contribution in [0, 0.1) is 13.8 Å². The monoisotopic (exact) mass is 344 g/mol. The van der Waals surface area contributed by atoms with Crippen molar-refractivity contribution in [1.29, 1.82) is 0 Å². The summed E-state index contributed by atoms with van der Waals surface area (Å²) in [6.45, 7) is 4.66. The molecule has 0 aliphatic heterocycles. The molecule has 0 spiro atoms. The normalized spacial score (nSPS) is 11.0. The first-order valence-electron chi connectivity index (χ1n) is 8.64. The molecular formula is C21H20N4O. The van der Waals surface area contributed by atoms with E-state index >= 15 is 0 Å². The Balaban J connectivity index is 1.42. The zero-order valence-corrected chi connectivity index (χ0v) is 14.9. The molecular weight excluding hydrogens is 324 g/mol. The Hall–Kier alpha value is -3.21. The van der Waals surface area contributed by atoms with Crippen molar-refractivity contribution in [3.63, 3.8) is 0 Å². The molecule has 3 heterocycles. The number of aryl methyl sites for hydroxylation is 2. The highest BCUT2D eigenvalue weighted by molar-refractivity contribution is 5.67. The van der Waals surface area contributed by atoms with Gasteiger partial charge in [0.25, 0.3) is 0 Å². The van der Waals surface area contributed by atoms with Gasteiger partial charge in [-0.25, -0.2) is 4.98 Å². The van der Waals surface area contributed by atoms with Gasteiger partial charge in [0.05, 0.1) is 12.2 Å². The second kappa shape index (κ2) is 6.96. The van der Waals surface area contributed by atoms with Gasteiger partial charge in [-0.05, 0) is 55.8 Å². The van der Waals surface area contributed by atoms with Crippen LogP contribution in [-0.2, 0) is 13.0 Å². The van der Waals surface area contributed by atoms with Gasteiger partial charge < -0.3 is 9.73 Å². The highest BCUT2D eigenvalue weighted by atomic mass is 16.3. The Kier molecular flexibility index (Phi) is 4.35. The third kappa shape index (κ3) is 3.72. The highest BCUT2D eigenvalue weighted by Crippen LogP contribution is 2.18. The summed E-state index contributed by atoms with van der Waals surface area (Å²) < 4.78 is 5.78. The molecule has 5 nitrogen and oxygen atoms in total. The van der Waals surface area contributed by atoms with Crippen molar-refractivity contribution in [2.45, 2.75) is 26.8 Å². The van der Waals surface area contributed by atoms with Gasteiger partial charge in [-0.15, -0.1) is 0 Å². The van der Waals surface area contributed by atoms with E-state index in [4.69, 9.17) is 4.42 Å². The molecule has 4 aromatic rings. The number of nitrogens with zero attached hydrogens (tertiary/aromatic N) is 3. The summed E-state index contributed by atoms with van der Waals surface area (Å²) in [6, 6.07) is 18.2. The van der Waals surface area contributed by atoms with Gasteiger partial charge in [0.2, 0.25) is 5.89 Å². The van der Waals surface area contributed by atoms with E-state index in [9.17, 15) is 0 Å². The van der Waals surface area contributed by atoms with Crippen molar-refractivity contribution in [2.24, 2.45) is 0 Å². The molecule has 26 heavy (non-hydrogen) atoms. The molecule has 0 radical (unpaired) electrons. The third-order valence-electron chi connectivity index (χ3n) is 4.17. The largest absolute Gasteiger partial charge is 0.439 e. The van der Waals surface area contributed by atoms with E-state index in [1.165, 1.54) is 0 Å². The molecule has 0 unspecified atom stereocenters. The van der Waals surface area contributed by atoms with Crippen LogP contribution in [0.4, 0.5) is 5.69 Å². The molecule has 0 aliphatic rings. The number of benzene rings is 1. The minimum atomic E-state index is 0.648. The second-order valence-corrected chi connectivity index (χ2v) is 6.38. The Labute approximate surface area is 152 Å². The van der Waals surface area contributed by atoms with Gasteiger partial charge >= 0.3 is 0 Å². The molecule has 0 saturated carbocycles. The average molecular weight is 344 g/mol. The van der Waals surface area contributed by atoms with Crippen LogP contribution in [-0.4, -0.2) is 15.0 Å². The van der Waals surface area contributed by atoms with Gasteiger partial charge in [-0.2, -0.15) is 4.98 Å². The smallest absolute Gasteiger partial charge is 0.201 e. The average Bonchev–Trinajstić information content (AvgIpc) is 3.02. The summed E-state index contributed by atoms with van der Waals surface area (Å²) in [5, 5.41) is 3.40. The van der Waals surface area contributed by atoms with Crippen molar-refractivity contribution in [2.75, 3.05) is 5.32 Å². The van der Waals surface area contributed by atoms with Crippen molar-refractivity contribution in [1.82, 2.24) is 15.0 Å². The zero-order valence-electron chi connectivity index (χ0n) is 14.9. The molecule has 0 amide bonds. The van der Waals surface area contributed by atoms with E-state index in [1.54, 1.807) is 0 Å². The van der Waals surface area contributed by atoms with Crippen molar-refractivity contribution >= 4 is 16.9 Å². The van der Waals surface area contributed by atoms with Gasteiger partial charge in [-0.3, -0.25) is 4.98 Å². The molecule has 0 aliphatic carbocycles. The Morgan fingerprint density at radius 3 is 2.46 bits per heavy atom. The van der Waals surface area contributed by atoms with Gasteiger partial charge in [0.1, 0.15) is 0 Å². The molecule has 3 aromatic heterocycles. The second-order valence-electron chi connectivity index (χ2n) is 6.38. The van der Waals surface area contributed by atoms with Crippen LogP contribution in [0.3, 0.4) is 0 Å². The molecule has 0 atom stereocenters. The van der Waals surface area contributed by atoms with Gasteiger partial charge in [-0.1, -0.05) is 18.2 Å². The molecule has 0 fully saturated rings. The lowest BCUT2D eigenvalue weighted by Gasteiger charge is -2.07. The van der Waals surface area contributed by atoms with Crippen LogP contribution in [0.15, 0.2) is 59.0 Å². The van der Waals surface area contributed by atoms with E-state index in [-0.39, 0.29) is 0 Å².